The molecule has 3 heterocycles. The third-order valence-corrected chi connectivity index (χ3v) is 4.00. The summed E-state index contributed by atoms with van der Waals surface area (Å²) >= 11 is 0. The summed E-state index contributed by atoms with van der Waals surface area (Å²) in [6, 6.07) is 6.54. The van der Waals surface area contributed by atoms with Gasteiger partial charge in [-0.3, -0.25) is 19.4 Å². The summed E-state index contributed by atoms with van der Waals surface area (Å²) in [6.45, 7) is 1.82. The number of anilines is 1. The number of carbonyl (C=O) groups is 2. The fourth-order valence-electron chi connectivity index (χ4n) is 2.96. The van der Waals surface area contributed by atoms with Crippen LogP contribution in [0.4, 0.5) is 5.95 Å². The number of H-pyrrole nitrogens is 1. The number of nitrogens with one attached hydrogen (secondary N) is 1. The van der Waals surface area contributed by atoms with Gasteiger partial charge in [-0.1, -0.05) is 12.1 Å². The molecule has 7 heteroatoms. The lowest BCUT2D eigenvalue weighted by Crippen LogP contribution is -2.33. The van der Waals surface area contributed by atoms with Gasteiger partial charge in [0.1, 0.15) is 11.0 Å². The standard InChI is InChI=1S/C16H12N4O3/c1-8-7-19(2)12-11(8)17-16(18-13(12)21)20-14(22)9-5-3-4-6-10(9)15(20)23/h3-7H,1-2H3,(H,17,18,21). The third-order valence-electron chi connectivity index (χ3n) is 4.00. The minimum Gasteiger partial charge on any atom is -0.344 e. The lowest BCUT2D eigenvalue weighted by atomic mass is 10.1. The van der Waals surface area contributed by atoms with Crippen LogP contribution in [0.15, 0.2) is 35.3 Å². The zero-order valence-corrected chi connectivity index (χ0v) is 12.5. The molecule has 0 unspecified atom stereocenters. The van der Waals surface area contributed by atoms with Crippen LogP contribution >= 0.6 is 0 Å². The minimum atomic E-state index is -0.485. The van der Waals surface area contributed by atoms with Gasteiger partial charge >= 0.3 is 0 Å². The van der Waals surface area contributed by atoms with Gasteiger partial charge in [-0.05, 0) is 24.6 Å². The predicted molar refractivity (Wildman–Crippen MR) is 83.7 cm³/mol. The van der Waals surface area contributed by atoms with Crippen molar-refractivity contribution in [2.24, 2.45) is 7.05 Å². The molecule has 3 aromatic rings. The number of aromatic nitrogens is 3. The zero-order valence-electron chi connectivity index (χ0n) is 12.5. The molecule has 1 aliphatic heterocycles. The quantitative estimate of drug-likeness (QED) is 0.688. The van der Waals surface area contributed by atoms with Crippen LogP contribution in [0.2, 0.25) is 0 Å². The Bertz CT molecular complexity index is 1030. The summed E-state index contributed by atoms with van der Waals surface area (Å²) in [4.78, 5) is 45.1. The van der Waals surface area contributed by atoms with E-state index in [2.05, 4.69) is 9.97 Å². The number of hydrogen-bond acceptors (Lipinski definition) is 4. The molecule has 114 valence electrons. The van der Waals surface area contributed by atoms with Gasteiger partial charge in [-0.2, -0.15) is 0 Å². The van der Waals surface area contributed by atoms with Crippen molar-refractivity contribution in [2.75, 3.05) is 4.90 Å². The van der Waals surface area contributed by atoms with Crippen molar-refractivity contribution in [3.05, 3.63) is 57.5 Å². The van der Waals surface area contributed by atoms with Crippen molar-refractivity contribution in [2.45, 2.75) is 6.92 Å². The molecule has 2 amide bonds. The Balaban J connectivity index is 1.95. The van der Waals surface area contributed by atoms with Crippen molar-refractivity contribution in [1.29, 1.82) is 0 Å². The summed E-state index contributed by atoms with van der Waals surface area (Å²) in [5.41, 5.74) is 1.91. The van der Waals surface area contributed by atoms with E-state index in [9.17, 15) is 14.4 Å². The van der Waals surface area contributed by atoms with Crippen molar-refractivity contribution in [3.8, 4) is 0 Å². The van der Waals surface area contributed by atoms with Gasteiger partial charge in [-0.25, -0.2) is 9.88 Å². The largest absolute Gasteiger partial charge is 0.344 e. The van der Waals surface area contributed by atoms with E-state index in [0.717, 1.165) is 10.5 Å². The number of aromatic amines is 1. The number of fused-ring (bicyclic) bond motifs is 2. The van der Waals surface area contributed by atoms with Gasteiger partial charge in [0.15, 0.2) is 0 Å². The Hall–Kier alpha value is -3.22. The summed E-state index contributed by atoms with van der Waals surface area (Å²) < 4.78 is 1.67. The van der Waals surface area contributed by atoms with Crippen LogP contribution in [0.3, 0.4) is 0 Å². The third kappa shape index (κ3) is 1.70. The Kier molecular flexibility index (Phi) is 2.57. The molecule has 0 radical (unpaired) electrons. The molecule has 4 rings (SSSR count). The molecule has 0 spiro atoms. The first-order chi connectivity index (χ1) is 11.0. The summed E-state index contributed by atoms with van der Waals surface area (Å²) in [7, 11) is 1.74. The molecule has 0 saturated heterocycles. The minimum absolute atomic E-state index is 0.0528. The molecule has 1 aromatic carbocycles. The normalized spacial score (nSPS) is 13.9. The number of carbonyl (C=O) groups excluding carboxylic acids is 2. The predicted octanol–water partition coefficient (Wildman–Crippen LogP) is 1.37. The number of nitrogens with zero attached hydrogens (tertiary/aromatic N) is 3. The molecule has 2 aromatic heterocycles. The van der Waals surface area contributed by atoms with E-state index in [0.29, 0.717) is 22.2 Å². The zero-order chi connectivity index (χ0) is 16.3. The average molecular weight is 308 g/mol. The average Bonchev–Trinajstić information content (AvgIpc) is 2.95. The number of hydrogen-bond donors (Lipinski definition) is 1. The molecule has 0 aliphatic carbocycles. The summed E-state index contributed by atoms with van der Waals surface area (Å²) in [6.07, 6.45) is 1.78. The highest BCUT2D eigenvalue weighted by Gasteiger charge is 2.38. The molecular weight excluding hydrogens is 296 g/mol. The first kappa shape index (κ1) is 13.4. The Labute approximate surface area is 130 Å². The van der Waals surface area contributed by atoms with E-state index >= 15 is 0 Å². The highest BCUT2D eigenvalue weighted by Crippen LogP contribution is 2.26. The fraction of sp³-hybridized carbons (Fsp3) is 0.125. The lowest BCUT2D eigenvalue weighted by Gasteiger charge is -2.12. The van der Waals surface area contributed by atoms with Crippen LogP contribution in [-0.2, 0) is 7.05 Å². The molecule has 1 N–H and O–H groups in total. The maximum absolute atomic E-state index is 12.5. The lowest BCUT2D eigenvalue weighted by molar-refractivity contribution is 0.0924. The first-order valence-corrected chi connectivity index (χ1v) is 7.03. The molecule has 0 fully saturated rings. The molecule has 0 saturated carbocycles. The second-order valence-electron chi connectivity index (χ2n) is 5.50. The van der Waals surface area contributed by atoms with Gasteiger partial charge in [0.25, 0.3) is 17.4 Å². The maximum atomic E-state index is 12.5. The number of benzene rings is 1. The van der Waals surface area contributed by atoms with E-state index < -0.39 is 17.4 Å². The SMILES string of the molecule is Cc1cn(C)c2c(=O)[nH]c(N3C(=O)c4ccccc4C3=O)nc12. The van der Waals surface area contributed by atoms with Crippen molar-refractivity contribution < 1.29 is 9.59 Å². The van der Waals surface area contributed by atoms with E-state index in [1.807, 2.05) is 6.92 Å². The fourth-order valence-corrected chi connectivity index (χ4v) is 2.96. The van der Waals surface area contributed by atoms with E-state index in [-0.39, 0.29) is 5.95 Å². The van der Waals surface area contributed by atoms with E-state index in [1.165, 1.54) is 0 Å². The first-order valence-electron chi connectivity index (χ1n) is 7.03. The van der Waals surface area contributed by atoms with Crippen LogP contribution < -0.4 is 10.5 Å². The molecule has 23 heavy (non-hydrogen) atoms. The van der Waals surface area contributed by atoms with Crippen LogP contribution in [0.5, 0.6) is 0 Å². The number of amides is 2. The van der Waals surface area contributed by atoms with Crippen LogP contribution in [0.1, 0.15) is 26.3 Å². The van der Waals surface area contributed by atoms with Gasteiger partial charge in [0.05, 0.1) is 11.1 Å². The number of rotatable bonds is 1. The van der Waals surface area contributed by atoms with Gasteiger partial charge in [0.2, 0.25) is 5.95 Å². The number of imide groups is 1. The van der Waals surface area contributed by atoms with Crippen molar-refractivity contribution in [3.63, 3.8) is 0 Å². The summed E-state index contributed by atoms with van der Waals surface area (Å²) in [5.74, 6) is -1.02. The molecule has 7 nitrogen and oxygen atoms in total. The van der Waals surface area contributed by atoms with Gasteiger partial charge in [-0.15, -0.1) is 0 Å². The van der Waals surface area contributed by atoms with Crippen LogP contribution in [-0.4, -0.2) is 26.3 Å². The van der Waals surface area contributed by atoms with Gasteiger partial charge in [0, 0.05) is 13.2 Å². The Morgan fingerprint density at radius 2 is 1.65 bits per heavy atom. The maximum Gasteiger partial charge on any atom is 0.276 e. The van der Waals surface area contributed by atoms with Crippen molar-refractivity contribution >= 4 is 28.8 Å². The molecule has 1 aliphatic rings. The Morgan fingerprint density at radius 3 is 2.26 bits per heavy atom. The molecule has 0 atom stereocenters. The second kappa shape index (κ2) is 4.39. The number of aryl methyl sites for hydroxylation is 2. The highest BCUT2D eigenvalue weighted by atomic mass is 16.2. The summed E-state index contributed by atoms with van der Waals surface area (Å²) in [5, 5.41) is 0. The highest BCUT2D eigenvalue weighted by molar-refractivity contribution is 6.33. The van der Waals surface area contributed by atoms with E-state index in [1.54, 1.807) is 42.1 Å². The van der Waals surface area contributed by atoms with Gasteiger partial charge < -0.3 is 4.57 Å². The van der Waals surface area contributed by atoms with Crippen LogP contribution in [0, 0.1) is 6.92 Å². The van der Waals surface area contributed by atoms with E-state index in [4.69, 9.17) is 0 Å². The molecular formula is C16H12N4O3. The Morgan fingerprint density at radius 1 is 1.04 bits per heavy atom. The topological polar surface area (TPSA) is 88.1 Å². The molecule has 0 bridgehead atoms. The smallest absolute Gasteiger partial charge is 0.276 e. The monoisotopic (exact) mass is 308 g/mol. The van der Waals surface area contributed by atoms with Crippen molar-refractivity contribution in [1.82, 2.24) is 14.5 Å². The second-order valence-corrected chi connectivity index (χ2v) is 5.50. The van der Waals surface area contributed by atoms with Crippen LogP contribution in [0.25, 0.3) is 11.0 Å².